The van der Waals surface area contributed by atoms with Gasteiger partial charge in [0.15, 0.2) is 0 Å². The van der Waals surface area contributed by atoms with Gasteiger partial charge in [0.25, 0.3) is 0 Å². The predicted octanol–water partition coefficient (Wildman–Crippen LogP) is 12.9. The van der Waals surface area contributed by atoms with Crippen LogP contribution in [0.25, 0.3) is 0 Å². The average molecular weight is 835 g/mol. The molecule has 5 atom stereocenters. The Morgan fingerprint density at radius 1 is 0.627 bits per heavy atom. The Morgan fingerprint density at radius 3 is 1.71 bits per heavy atom. The van der Waals surface area contributed by atoms with Crippen LogP contribution in [-0.4, -0.2) is 18.6 Å². The van der Waals surface area contributed by atoms with Crippen LogP contribution in [0.4, 0.5) is 0 Å². The highest BCUT2D eigenvalue weighted by atomic mass is 79.9. The highest BCUT2D eigenvalue weighted by Crippen LogP contribution is 2.67. The number of hydrogen-bond acceptors (Lipinski definition) is 2. The summed E-state index contributed by atoms with van der Waals surface area (Å²) in [5.74, 6) is 4.95. The molecule has 8 saturated carbocycles. The van der Waals surface area contributed by atoms with Crippen LogP contribution in [0.2, 0.25) is 5.02 Å². The third-order valence-electron chi connectivity index (χ3n) is 15.1. The second kappa shape index (κ2) is 14.8. The Kier molecular flexibility index (Phi) is 10.7. The fraction of sp³-hybridized carbons (Fsp3) is 0.609. The van der Waals surface area contributed by atoms with E-state index < -0.39 is 0 Å². The van der Waals surface area contributed by atoms with Crippen molar-refractivity contribution in [3.63, 3.8) is 0 Å². The second-order valence-corrected chi connectivity index (χ2v) is 20.9. The molecule has 51 heavy (non-hydrogen) atoms. The van der Waals surface area contributed by atoms with E-state index in [1.54, 1.807) is 19.3 Å². The van der Waals surface area contributed by atoms with Crippen molar-refractivity contribution in [3.8, 4) is 0 Å². The van der Waals surface area contributed by atoms with E-state index in [4.69, 9.17) is 11.6 Å². The van der Waals surface area contributed by atoms with Gasteiger partial charge in [-0.15, -0.1) is 0 Å². The Morgan fingerprint density at radius 2 is 1.14 bits per heavy atom. The van der Waals surface area contributed by atoms with Gasteiger partial charge in [-0.05, 0) is 210 Å². The summed E-state index contributed by atoms with van der Waals surface area (Å²) in [4.78, 5) is 0. The van der Waals surface area contributed by atoms with E-state index in [0.29, 0.717) is 34.4 Å². The Labute approximate surface area is 330 Å². The van der Waals surface area contributed by atoms with Crippen LogP contribution in [-0.2, 0) is 11.8 Å². The van der Waals surface area contributed by atoms with Crippen LogP contribution < -0.4 is 10.6 Å². The molecule has 3 aromatic carbocycles. The minimum Gasteiger partial charge on any atom is -0.313 e. The maximum Gasteiger partial charge on any atom is 0.0406 e. The van der Waals surface area contributed by atoms with Crippen molar-refractivity contribution in [3.05, 3.63) is 103 Å². The quantitative estimate of drug-likeness (QED) is 0.213. The second-order valence-electron chi connectivity index (χ2n) is 18.6. The van der Waals surface area contributed by atoms with E-state index in [9.17, 15) is 0 Å². The molecule has 3 aromatic rings. The van der Waals surface area contributed by atoms with Gasteiger partial charge in [0.05, 0.1) is 0 Å². The zero-order valence-corrected chi connectivity index (χ0v) is 35.0. The molecule has 0 heterocycles. The highest BCUT2D eigenvalue weighted by Gasteiger charge is 2.59. The normalized spacial score (nSPS) is 36.0. The van der Waals surface area contributed by atoms with Crippen LogP contribution in [0.5, 0.6) is 0 Å². The van der Waals surface area contributed by atoms with E-state index in [1.807, 2.05) is 0 Å². The zero-order valence-electron chi connectivity index (χ0n) is 31.1. The zero-order chi connectivity index (χ0) is 35.4. The molecule has 2 N–H and O–H groups in total. The molecule has 0 amide bonds. The van der Waals surface area contributed by atoms with Gasteiger partial charge >= 0.3 is 0 Å². The maximum absolute atomic E-state index is 6.21. The van der Waals surface area contributed by atoms with E-state index in [1.165, 1.54) is 79.0 Å². The number of rotatable bonds is 10. The first kappa shape index (κ1) is 36.8. The number of benzene rings is 3. The van der Waals surface area contributed by atoms with Crippen molar-refractivity contribution in [2.45, 2.75) is 128 Å². The lowest BCUT2D eigenvalue weighted by atomic mass is 9.41. The minimum absolute atomic E-state index is 0.367. The SMILES string of the molecule is CC(NC(C)C12CC3CC(CC(c4ccc(Cl)cc4)(C3)C1)C2)c1ccc(Br)cc1.CC(NCCc1ccc(Br)cc1)C12CC3CC(CC(C3)C1)C2. The van der Waals surface area contributed by atoms with Gasteiger partial charge in [-0.25, -0.2) is 0 Å². The van der Waals surface area contributed by atoms with Crippen molar-refractivity contribution in [2.24, 2.45) is 40.4 Å². The highest BCUT2D eigenvalue weighted by molar-refractivity contribution is 9.10. The molecular weight excluding hydrogens is 776 g/mol. The van der Waals surface area contributed by atoms with Crippen LogP contribution in [0, 0.1) is 40.4 Å². The fourth-order valence-corrected chi connectivity index (χ4v) is 14.0. The van der Waals surface area contributed by atoms with Crippen LogP contribution in [0.1, 0.15) is 121 Å². The lowest BCUT2D eigenvalue weighted by molar-refractivity contribution is -0.0894. The molecule has 8 aliphatic rings. The van der Waals surface area contributed by atoms with Crippen molar-refractivity contribution < 1.29 is 0 Å². The summed E-state index contributed by atoms with van der Waals surface area (Å²) in [6, 6.07) is 28.0. The first-order chi connectivity index (χ1) is 24.5. The lowest BCUT2D eigenvalue weighted by Crippen LogP contribution is -2.60. The molecule has 0 aromatic heterocycles. The molecule has 5 heteroatoms. The Hall–Kier alpha value is -1.17. The third-order valence-corrected chi connectivity index (χ3v) is 16.4. The Bertz CT molecular complexity index is 1590. The molecule has 0 aliphatic heterocycles. The third kappa shape index (κ3) is 7.71. The summed E-state index contributed by atoms with van der Waals surface area (Å²) < 4.78 is 2.32. The lowest BCUT2D eigenvalue weighted by Gasteiger charge is -2.64. The van der Waals surface area contributed by atoms with Crippen molar-refractivity contribution in [2.75, 3.05) is 6.54 Å². The van der Waals surface area contributed by atoms with Gasteiger partial charge in [-0.3, -0.25) is 0 Å². The maximum atomic E-state index is 6.21. The molecule has 0 spiro atoms. The molecule has 274 valence electrons. The van der Waals surface area contributed by atoms with Crippen LogP contribution in [0.3, 0.4) is 0 Å². The molecule has 0 saturated heterocycles. The molecule has 5 unspecified atom stereocenters. The topological polar surface area (TPSA) is 24.1 Å². The fourth-order valence-electron chi connectivity index (χ4n) is 13.4. The van der Waals surface area contributed by atoms with E-state index in [0.717, 1.165) is 52.1 Å². The molecule has 8 bridgehead atoms. The molecule has 8 aliphatic carbocycles. The van der Waals surface area contributed by atoms with Gasteiger partial charge in [-0.1, -0.05) is 79.9 Å². The smallest absolute Gasteiger partial charge is 0.0406 e. The minimum atomic E-state index is 0.367. The van der Waals surface area contributed by atoms with Gasteiger partial charge in [-0.2, -0.15) is 0 Å². The van der Waals surface area contributed by atoms with Crippen molar-refractivity contribution in [1.29, 1.82) is 0 Å². The number of halogens is 3. The largest absolute Gasteiger partial charge is 0.313 e. The molecule has 0 radical (unpaired) electrons. The van der Waals surface area contributed by atoms with E-state index >= 15 is 0 Å². The summed E-state index contributed by atoms with van der Waals surface area (Å²) in [5, 5.41) is 8.76. The molecular formula is C46H59Br2ClN2. The van der Waals surface area contributed by atoms with E-state index in [2.05, 4.69) is 136 Å². The van der Waals surface area contributed by atoms with Crippen LogP contribution in [0.15, 0.2) is 81.7 Å². The van der Waals surface area contributed by atoms with Crippen molar-refractivity contribution >= 4 is 43.5 Å². The summed E-state index contributed by atoms with van der Waals surface area (Å²) in [5.41, 5.74) is 5.77. The van der Waals surface area contributed by atoms with Gasteiger partial charge in [0, 0.05) is 32.1 Å². The standard InChI is InChI=1S/C26H31BrClN.C20H28BrN/c1-17(21-3-7-23(27)8-4-21)29-18(2)25-12-19-11-20(13-25)15-26(14-19,16-25)22-5-9-24(28)10-6-22;1-14(22-7-6-15-2-4-19(21)5-3-15)20-11-16-8-17(12-20)10-18(9-16)13-20/h3-10,17-20,29H,11-16H2,1-2H3;2-5,14,16-18,22H,6-13H2,1H3. The summed E-state index contributed by atoms with van der Waals surface area (Å²) in [6.45, 7) is 8.35. The first-order valence-electron chi connectivity index (χ1n) is 20.3. The number of hydrogen-bond donors (Lipinski definition) is 2. The van der Waals surface area contributed by atoms with Crippen molar-refractivity contribution in [1.82, 2.24) is 10.6 Å². The van der Waals surface area contributed by atoms with Gasteiger partial charge in [0.1, 0.15) is 0 Å². The Balaban J connectivity index is 0.000000152. The van der Waals surface area contributed by atoms with Gasteiger partial charge in [0.2, 0.25) is 0 Å². The summed E-state index contributed by atoms with van der Waals surface area (Å²) in [6.07, 6.45) is 18.6. The molecule has 2 nitrogen and oxygen atoms in total. The van der Waals surface area contributed by atoms with Gasteiger partial charge < -0.3 is 10.6 Å². The predicted molar refractivity (Wildman–Crippen MR) is 221 cm³/mol. The average Bonchev–Trinajstić information content (AvgIpc) is 3.09. The molecule has 8 fully saturated rings. The van der Waals surface area contributed by atoms with Crippen LogP contribution >= 0.6 is 43.5 Å². The molecule has 11 rings (SSSR count). The summed E-state index contributed by atoms with van der Waals surface area (Å²) >= 11 is 13.3. The first-order valence-corrected chi connectivity index (χ1v) is 22.2. The number of nitrogens with one attached hydrogen (secondary N) is 2. The summed E-state index contributed by atoms with van der Waals surface area (Å²) in [7, 11) is 0. The van der Waals surface area contributed by atoms with E-state index in [-0.39, 0.29) is 0 Å². The monoisotopic (exact) mass is 832 g/mol.